The second-order valence-electron chi connectivity index (χ2n) is 3.35. The summed E-state index contributed by atoms with van der Waals surface area (Å²) in [6, 6.07) is 6.73. The molecule has 2 heterocycles. The highest BCUT2D eigenvalue weighted by Gasteiger charge is 2.16. The Balaban J connectivity index is 0.000000845. The minimum Gasteiger partial charge on any atom is -0.309 e. The second-order valence-corrected chi connectivity index (χ2v) is 3.35. The van der Waals surface area contributed by atoms with Crippen molar-refractivity contribution in [2.24, 2.45) is 0 Å². The molecule has 0 aromatic carbocycles. The lowest BCUT2D eigenvalue weighted by molar-refractivity contribution is 0.626. The summed E-state index contributed by atoms with van der Waals surface area (Å²) in [5.41, 5.74) is 2.31. The van der Waals surface area contributed by atoms with E-state index < -0.39 is 0 Å². The van der Waals surface area contributed by atoms with Gasteiger partial charge in [0, 0.05) is 11.7 Å². The van der Waals surface area contributed by atoms with Crippen LogP contribution in [0, 0.1) is 6.92 Å². The van der Waals surface area contributed by atoms with Gasteiger partial charge < -0.3 is 5.32 Å². The number of halogens is 1. The van der Waals surface area contributed by atoms with E-state index in [9.17, 15) is 0 Å². The summed E-state index contributed by atoms with van der Waals surface area (Å²) in [6.45, 7) is 3.18. The van der Waals surface area contributed by atoms with E-state index in [0.717, 1.165) is 12.2 Å². The monoisotopic (exact) mass is 198 g/mol. The van der Waals surface area contributed by atoms with Gasteiger partial charge in [0.1, 0.15) is 0 Å². The van der Waals surface area contributed by atoms with Crippen molar-refractivity contribution in [1.29, 1.82) is 0 Å². The van der Waals surface area contributed by atoms with Crippen LogP contribution in [-0.4, -0.2) is 11.5 Å². The van der Waals surface area contributed by atoms with Gasteiger partial charge in [-0.05, 0) is 38.4 Å². The van der Waals surface area contributed by atoms with Gasteiger partial charge in [-0.1, -0.05) is 6.07 Å². The van der Waals surface area contributed by atoms with Gasteiger partial charge in [0.2, 0.25) is 0 Å². The van der Waals surface area contributed by atoms with Gasteiger partial charge in [-0.3, -0.25) is 4.98 Å². The standard InChI is InChI=1S/C10H14N2.ClH/c1-8-4-2-5-10(12-8)9-6-3-7-11-9;/h2,4-5,9,11H,3,6-7H2,1H3;1H/t9-;/m0./s1. The predicted octanol–water partition coefficient (Wildman–Crippen LogP) is 2.24. The Bertz CT molecular complexity index is 269. The lowest BCUT2D eigenvalue weighted by Crippen LogP contribution is -2.14. The molecule has 1 fully saturated rings. The maximum Gasteiger partial charge on any atom is 0.0576 e. The van der Waals surface area contributed by atoms with Crippen LogP contribution < -0.4 is 5.32 Å². The maximum atomic E-state index is 4.49. The van der Waals surface area contributed by atoms with E-state index >= 15 is 0 Å². The Morgan fingerprint density at radius 2 is 2.31 bits per heavy atom. The first-order chi connectivity index (χ1) is 5.86. The molecule has 0 spiro atoms. The Labute approximate surface area is 85.2 Å². The largest absolute Gasteiger partial charge is 0.309 e. The van der Waals surface area contributed by atoms with Gasteiger partial charge in [0.25, 0.3) is 0 Å². The molecule has 0 amide bonds. The number of nitrogens with one attached hydrogen (secondary N) is 1. The number of hydrogen-bond donors (Lipinski definition) is 1. The van der Waals surface area contributed by atoms with Crippen LogP contribution in [0.4, 0.5) is 0 Å². The summed E-state index contributed by atoms with van der Waals surface area (Å²) in [6.07, 6.45) is 2.51. The van der Waals surface area contributed by atoms with E-state index in [-0.39, 0.29) is 12.4 Å². The van der Waals surface area contributed by atoms with E-state index in [2.05, 4.69) is 22.4 Å². The lowest BCUT2D eigenvalue weighted by atomic mass is 10.1. The first kappa shape index (κ1) is 10.5. The molecule has 1 saturated heterocycles. The number of pyridine rings is 1. The van der Waals surface area contributed by atoms with E-state index in [1.165, 1.54) is 18.5 Å². The van der Waals surface area contributed by atoms with Crippen LogP contribution in [-0.2, 0) is 0 Å². The molecule has 0 radical (unpaired) electrons. The van der Waals surface area contributed by atoms with Gasteiger partial charge in [-0.25, -0.2) is 0 Å². The normalized spacial score (nSPS) is 21.2. The molecule has 1 aromatic heterocycles. The van der Waals surface area contributed by atoms with Gasteiger partial charge in [-0.2, -0.15) is 0 Å². The fourth-order valence-electron chi connectivity index (χ4n) is 1.70. The average Bonchev–Trinajstić information content (AvgIpc) is 2.56. The first-order valence-corrected chi connectivity index (χ1v) is 4.53. The molecule has 2 rings (SSSR count). The summed E-state index contributed by atoms with van der Waals surface area (Å²) < 4.78 is 0. The Hall–Kier alpha value is -0.600. The minimum atomic E-state index is 0. The third-order valence-electron chi connectivity index (χ3n) is 2.33. The smallest absolute Gasteiger partial charge is 0.0576 e. The molecule has 1 aliphatic rings. The zero-order valence-corrected chi connectivity index (χ0v) is 8.60. The molecule has 3 heteroatoms. The van der Waals surface area contributed by atoms with Crippen molar-refractivity contribution in [2.45, 2.75) is 25.8 Å². The van der Waals surface area contributed by atoms with Gasteiger partial charge in [0.15, 0.2) is 0 Å². The molecular formula is C10H15ClN2. The predicted molar refractivity (Wildman–Crippen MR) is 56.2 cm³/mol. The topological polar surface area (TPSA) is 24.9 Å². The van der Waals surface area contributed by atoms with Crippen molar-refractivity contribution >= 4 is 12.4 Å². The first-order valence-electron chi connectivity index (χ1n) is 4.53. The highest BCUT2D eigenvalue weighted by molar-refractivity contribution is 5.85. The van der Waals surface area contributed by atoms with Crippen molar-refractivity contribution in [3.05, 3.63) is 29.6 Å². The highest BCUT2D eigenvalue weighted by atomic mass is 35.5. The molecule has 0 unspecified atom stereocenters. The van der Waals surface area contributed by atoms with Crippen molar-refractivity contribution < 1.29 is 0 Å². The van der Waals surface area contributed by atoms with Crippen LogP contribution in [0.2, 0.25) is 0 Å². The van der Waals surface area contributed by atoms with Crippen molar-refractivity contribution in [3.8, 4) is 0 Å². The fraction of sp³-hybridized carbons (Fsp3) is 0.500. The van der Waals surface area contributed by atoms with E-state index in [1.807, 2.05) is 13.0 Å². The SMILES string of the molecule is Cc1cccc([C@@H]2CCCN2)n1.Cl. The summed E-state index contributed by atoms with van der Waals surface area (Å²) in [7, 11) is 0. The molecule has 0 aliphatic carbocycles. The van der Waals surface area contributed by atoms with Crippen LogP contribution >= 0.6 is 12.4 Å². The number of nitrogens with zero attached hydrogens (tertiary/aromatic N) is 1. The number of hydrogen-bond acceptors (Lipinski definition) is 2. The molecule has 2 nitrogen and oxygen atoms in total. The minimum absolute atomic E-state index is 0. The average molecular weight is 199 g/mol. The Morgan fingerprint density at radius 1 is 1.46 bits per heavy atom. The highest BCUT2D eigenvalue weighted by Crippen LogP contribution is 2.20. The summed E-state index contributed by atoms with van der Waals surface area (Å²) in [5, 5.41) is 3.44. The number of rotatable bonds is 1. The van der Waals surface area contributed by atoms with Crippen LogP contribution in [0.15, 0.2) is 18.2 Å². The molecule has 13 heavy (non-hydrogen) atoms. The van der Waals surface area contributed by atoms with E-state index in [1.54, 1.807) is 0 Å². The van der Waals surface area contributed by atoms with Crippen LogP contribution in [0.1, 0.15) is 30.3 Å². The van der Waals surface area contributed by atoms with E-state index in [4.69, 9.17) is 0 Å². The van der Waals surface area contributed by atoms with Crippen LogP contribution in [0.3, 0.4) is 0 Å². The van der Waals surface area contributed by atoms with Crippen molar-refractivity contribution in [3.63, 3.8) is 0 Å². The fourth-order valence-corrected chi connectivity index (χ4v) is 1.70. The molecule has 1 aromatic rings. The second kappa shape index (κ2) is 4.58. The van der Waals surface area contributed by atoms with E-state index in [0.29, 0.717) is 6.04 Å². The van der Waals surface area contributed by atoms with Gasteiger partial charge in [0.05, 0.1) is 5.69 Å². The molecule has 1 N–H and O–H groups in total. The summed E-state index contributed by atoms with van der Waals surface area (Å²) >= 11 is 0. The molecule has 1 aliphatic heterocycles. The Morgan fingerprint density at radius 3 is 2.92 bits per heavy atom. The molecule has 72 valence electrons. The maximum absolute atomic E-state index is 4.49. The summed E-state index contributed by atoms with van der Waals surface area (Å²) in [5.74, 6) is 0. The molecular weight excluding hydrogens is 184 g/mol. The zero-order chi connectivity index (χ0) is 8.39. The third-order valence-corrected chi connectivity index (χ3v) is 2.33. The Kier molecular flexibility index (Phi) is 3.70. The quantitative estimate of drug-likeness (QED) is 0.749. The van der Waals surface area contributed by atoms with Crippen molar-refractivity contribution in [1.82, 2.24) is 10.3 Å². The van der Waals surface area contributed by atoms with Gasteiger partial charge in [-0.15, -0.1) is 12.4 Å². The van der Waals surface area contributed by atoms with Gasteiger partial charge >= 0.3 is 0 Å². The molecule has 1 atom stereocenters. The third kappa shape index (κ3) is 2.42. The number of aryl methyl sites for hydroxylation is 1. The number of aromatic nitrogens is 1. The van der Waals surface area contributed by atoms with Crippen LogP contribution in [0.5, 0.6) is 0 Å². The van der Waals surface area contributed by atoms with Crippen molar-refractivity contribution in [2.75, 3.05) is 6.54 Å². The lowest BCUT2D eigenvalue weighted by Gasteiger charge is -2.09. The van der Waals surface area contributed by atoms with Crippen LogP contribution in [0.25, 0.3) is 0 Å². The molecule has 0 bridgehead atoms. The molecule has 0 saturated carbocycles. The summed E-state index contributed by atoms with van der Waals surface area (Å²) in [4.78, 5) is 4.49. The zero-order valence-electron chi connectivity index (χ0n) is 7.79.